The third kappa shape index (κ3) is 3.85. The van der Waals surface area contributed by atoms with Crippen LogP contribution in [-0.4, -0.2) is 17.4 Å². The molecule has 0 aliphatic rings. The van der Waals surface area contributed by atoms with E-state index in [2.05, 4.69) is 10.2 Å². The lowest BCUT2D eigenvalue weighted by Gasteiger charge is -1.92. The number of non-ortho nitro benzene ring substituents is 1. The minimum Gasteiger partial charge on any atom is -0.258 e. The summed E-state index contributed by atoms with van der Waals surface area (Å²) in [5, 5.41) is 18.3. The van der Waals surface area contributed by atoms with Crippen LogP contribution in [0.3, 0.4) is 0 Å². The molecular formula is C14H11N3O2. The summed E-state index contributed by atoms with van der Waals surface area (Å²) in [5.41, 5.74) is 1.62. The smallest absolute Gasteiger partial charge is 0.258 e. The van der Waals surface area contributed by atoms with Crippen LogP contribution >= 0.6 is 0 Å². The zero-order valence-corrected chi connectivity index (χ0v) is 10.0. The van der Waals surface area contributed by atoms with Crippen LogP contribution in [0.4, 0.5) is 5.69 Å². The van der Waals surface area contributed by atoms with Gasteiger partial charge in [-0.15, -0.1) is 0 Å². The van der Waals surface area contributed by atoms with Crippen molar-refractivity contribution in [3.05, 3.63) is 75.8 Å². The van der Waals surface area contributed by atoms with Crippen LogP contribution in [0.2, 0.25) is 0 Å². The number of nitro benzene ring substituents is 1. The molecule has 0 atom stereocenters. The van der Waals surface area contributed by atoms with Crippen molar-refractivity contribution < 1.29 is 4.92 Å². The van der Waals surface area contributed by atoms with E-state index in [1.807, 2.05) is 30.3 Å². The largest absolute Gasteiger partial charge is 0.270 e. The lowest BCUT2D eigenvalue weighted by molar-refractivity contribution is -0.384. The molecule has 0 heterocycles. The predicted octanol–water partition coefficient (Wildman–Crippen LogP) is 3.05. The second kappa shape index (κ2) is 6.20. The quantitative estimate of drug-likeness (QED) is 0.477. The van der Waals surface area contributed by atoms with Gasteiger partial charge in [0, 0.05) is 17.7 Å². The number of hydrogen-bond donors (Lipinski definition) is 0. The first kappa shape index (κ1) is 12.6. The number of benzene rings is 2. The molecule has 0 radical (unpaired) electrons. The van der Waals surface area contributed by atoms with E-state index in [9.17, 15) is 10.1 Å². The first-order valence-corrected chi connectivity index (χ1v) is 5.61. The first-order chi connectivity index (χ1) is 9.25. The van der Waals surface area contributed by atoms with E-state index in [1.54, 1.807) is 18.3 Å². The van der Waals surface area contributed by atoms with E-state index in [-0.39, 0.29) is 5.69 Å². The molecule has 5 heteroatoms. The van der Waals surface area contributed by atoms with Crippen LogP contribution in [0.1, 0.15) is 11.1 Å². The van der Waals surface area contributed by atoms with Gasteiger partial charge in [-0.1, -0.05) is 42.5 Å². The maximum Gasteiger partial charge on any atom is 0.270 e. The molecule has 0 aliphatic heterocycles. The highest BCUT2D eigenvalue weighted by Crippen LogP contribution is 2.11. The Labute approximate surface area is 110 Å². The van der Waals surface area contributed by atoms with Gasteiger partial charge in [0.25, 0.3) is 5.69 Å². The molecule has 0 unspecified atom stereocenters. The third-order valence-electron chi connectivity index (χ3n) is 2.36. The summed E-state index contributed by atoms with van der Waals surface area (Å²) in [7, 11) is 0. The normalized spacial score (nSPS) is 11.2. The topological polar surface area (TPSA) is 67.9 Å². The predicted molar refractivity (Wildman–Crippen MR) is 74.7 cm³/mol. The highest BCUT2D eigenvalue weighted by Gasteiger charge is 2.03. The maximum atomic E-state index is 10.6. The average molecular weight is 253 g/mol. The summed E-state index contributed by atoms with van der Waals surface area (Å²) < 4.78 is 0. The number of nitro groups is 1. The van der Waals surface area contributed by atoms with E-state index in [4.69, 9.17) is 0 Å². The summed E-state index contributed by atoms with van der Waals surface area (Å²) >= 11 is 0. The van der Waals surface area contributed by atoms with Crippen molar-refractivity contribution in [2.75, 3.05) is 0 Å². The van der Waals surface area contributed by atoms with Crippen LogP contribution in [0.15, 0.2) is 64.8 Å². The fourth-order valence-corrected chi connectivity index (χ4v) is 1.46. The molecule has 0 bridgehead atoms. The molecule has 0 amide bonds. The number of rotatable bonds is 4. The fourth-order valence-electron chi connectivity index (χ4n) is 1.46. The Kier molecular flexibility index (Phi) is 4.12. The van der Waals surface area contributed by atoms with Crippen molar-refractivity contribution in [2.24, 2.45) is 10.2 Å². The van der Waals surface area contributed by atoms with Gasteiger partial charge >= 0.3 is 0 Å². The summed E-state index contributed by atoms with van der Waals surface area (Å²) in [6.07, 6.45) is 3.10. The molecule has 0 fully saturated rings. The van der Waals surface area contributed by atoms with Crippen molar-refractivity contribution in [3.8, 4) is 0 Å². The van der Waals surface area contributed by atoms with E-state index >= 15 is 0 Å². The molecule has 0 saturated heterocycles. The Morgan fingerprint density at radius 1 is 0.895 bits per heavy atom. The minimum atomic E-state index is -0.440. The average Bonchev–Trinajstić information content (AvgIpc) is 2.45. The van der Waals surface area contributed by atoms with Gasteiger partial charge in [-0.25, -0.2) is 0 Å². The van der Waals surface area contributed by atoms with Gasteiger partial charge in [0.15, 0.2) is 0 Å². The van der Waals surface area contributed by atoms with Crippen molar-refractivity contribution >= 4 is 18.1 Å². The monoisotopic (exact) mass is 253 g/mol. The third-order valence-corrected chi connectivity index (χ3v) is 2.36. The first-order valence-electron chi connectivity index (χ1n) is 5.61. The van der Waals surface area contributed by atoms with Gasteiger partial charge in [0.2, 0.25) is 0 Å². The Bertz CT molecular complexity index is 622. The van der Waals surface area contributed by atoms with Crippen molar-refractivity contribution in [3.63, 3.8) is 0 Å². The van der Waals surface area contributed by atoms with Crippen LogP contribution < -0.4 is 0 Å². The van der Waals surface area contributed by atoms with Crippen LogP contribution in [0, 0.1) is 10.1 Å². The zero-order valence-electron chi connectivity index (χ0n) is 10.0. The Morgan fingerprint density at radius 2 is 1.53 bits per heavy atom. The standard InChI is InChI=1S/C14H11N3O2/c18-17(19)14-8-4-7-13(9-14)11-16-15-10-12-5-2-1-3-6-12/h1-11H/b15-10-,16-11-. The minimum absolute atomic E-state index is 0.0380. The maximum absolute atomic E-state index is 10.6. The van der Waals surface area contributed by atoms with Gasteiger partial charge in [-0.05, 0) is 5.56 Å². The van der Waals surface area contributed by atoms with Crippen molar-refractivity contribution in [2.45, 2.75) is 0 Å². The summed E-state index contributed by atoms with van der Waals surface area (Å²) in [6.45, 7) is 0. The van der Waals surface area contributed by atoms with Gasteiger partial charge < -0.3 is 0 Å². The molecule has 19 heavy (non-hydrogen) atoms. The Hall–Kier alpha value is -2.82. The van der Waals surface area contributed by atoms with Crippen molar-refractivity contribution in [1.29, 1.82) is 0 Å². The summed E-state index contributed by atoms with van der Waals surface area (Å²) in [6, 6.07) is 15.8. The molecule has 2 aromatic rings. The Morgan fingerprint density at radius 3 is 2.21 bits per heavy atom. The molecule has 94 valence electrons. The van der Waals surface area contributed by atoms with Gasteiger partial charge in [-0.3, -0.25) is 10.1 Å². The van der Waals surface area contributed by atoms with E-state index in [0.29, 0.717) is 5.56 Å². The zero-order chi connectivity index (χ0) is 13.5. The number of nitrogens with zero attached hydrogens (tertiary/aromatic N) is 3. The molecule has 0 aliphatic carbocycles. The lowest BCUT2D eigenvalue weighted by Crippen LogP contribution is -1.89. The van der Waals surface area contributed by atoms with Crippen LogP contribution in [0.5, 0.6) is 0 Å². The second-order valence-electron chi connectivity index (χ2n) is 3.75. The van der Waals surface area contributed by atoms with Gasteiger partial charge in [-0.2, -0.15) is 10.2 Å². The lowest BCUT2D eigenvalue weighted by atomic mass is 10.2. The molecule has 0 N–H and O–H groups in total. The van der Waals surface area contributed by atoms with Gasteiger partial charge in [0.1, 0.15) is 0 Å². The van der Waals surface area contributed by atoms with Crippen LogP contribution in [0.25, 0.3) is 0 Å². The van der Waals surface area contributed by atoms with E-state index in [0.717, 1.165) is 5.56 Å². The SMILES string of the molecule is O=[N+]([O-])c1cccc(/C=N\N=C/c2ccccc2)c1. The molecular weight excluding hydrogens is 242 g/mol. The molecule has 0 spiro atoms. The molecule has 5 nitrogen and oxygen atoms in total. The molecule has 2 rings (SSSR count). The highest BCUT2D eigenvalue weighted by atomic mass is 16.6. The van der Waals surface area contributed by atoms with Crippen molar-refractivity contribution in [1.82, 2.24) is 0 Å². The molecule has 0 saturated carbocycles. The summed E-state index contributed by atoms with van der Waals surface area (Å²) in [4.78, 5) is 10.2. The highest BCUT2D eigenvalue weighted by molar-refractivity contribution is 5.83. The second-order valence-corrected chi connectivity index (χ2v) is 3.75. The summed E-state index contributed by atoms with van der Waals surface area (Å²) in [5.74, 6) is 0. The van der Waals surface area contributed by atoms with E-state index in [1.165, 1.54) is 18.3 Å². The molecule has 0 aromatic heterocycles. The van der Waals surface area contributed by atoms with Crippen LogP contribution in [-0.2, 0) is 0 Å². The Balaban J connectivity index is 2.05. The number of hydrogen-bond acceptors (Lipinski definition) is 4. The van der Waals surface area contributed by atoms with E-state index < -0.39 is 4.92 Å². The molecule has 2 aromatic carbocycles. The van der Waals surface area contributed by atoms with Gasteiger partial charge in [0.05, 0.1) is 17.4 Å². The fraction of sp³-hybridized carbons (Fsp3) is 0.